The van der Waals surface area contributed by atoms with E-state index in [9.17, 15) is 8.42 Å². The maximum Gasteiger partial charge on any atom is 0.187 e. The first-order valence-corrected chi connectivity index (χ1v) is 12.3. The minimum absolute atomic E-state index is 0.0867. The first kappa shape index (κ1) is 21.2. The molecule has 0 spiro atoms. The molecule has 1 aromatic rings. The van der Waals surface area contributed by atoms with Crippen LogP contribution in [0, 0.1) is 25.7 Å². The molecular weight excluding hydrogens is 394 g/mol. The minimum atomic E-state index is -2.95. The van der Waals surface area contributed by atoms with E-state index in [1.54, 1.807) is 6.21 Å². The van der Waals surface area contributed by atoms with Crippen LogP contribution in [-0.2, 0) is 9.84 Å². The first-order valence-electron chi connectivity index (χ1n) is 10.0. The van der Waals surface area contributed by atoms with Crippen molar-refractivity contribution >= 4 is 33.4 Å². The molecule has 0 radical (unpaired) electrons. The minimum Gasteiger partial charge on any atom is -0.358 e. The molecule has 2 aliphatic rings. The molecule has 28 heavy (non-hydrogen) atoms. The third-order valence-corrected chi connectivity index (χ3v) is 8.28. The van der Waals surface area contributed by atoms with Crippen molar-refractivity contribution in [3.63, 3.8) is 0 Å². The van der Waals surface area contributed by atoms with Crippen LogP contribution in [-0.4, -0.2) is 47.1 Å². The second kappa shape index (κ2) is 8.49. The number of hydrogen-bond acceptors (Lipinski definition) is 5. The number of hydrogen-bond donors (Lipinski definition) is 2. The Morgan fingerprint density at radius 2 is 2.04 bits per heavy atom. The Balaban J connectivity index is 1.61. The van der Waals surface area contributed by atoms with Crippen molar-refractivity contribution in [3.8, 4) is 0 Å². The summed E-state index contributed by atoms with van der Waals surface area (Å²) in [7, 11) is -2.95. The Morgan fingerprint density at radius 3 is 2.71 bits per heavy atom. The van der Waals surface area contributed by atoms with Gasteiger partial charge in [-0.15, -0.1) is 0 Å². The zero-order valence-corrected chi connectivity index (χ0v) is 18.7. The van der Waals surface area contributed by atoms with Crippen molar-refractivity contribution in [3.05, 3.63) is 17.0 Å². The lowest BCUT2D eigenvalue weighted by molar-refractivity contribution is 0.224. The third kappa shape index (κ3) is 4.74. The second-order valence-electron chi connectivity index (χ2n) is 8.30. The summed E-state index contributed by atoms with van der Waals surface area (Å²) in [5, 5.41) is 12.8. The standard InChI is InChI=1S/C19H31N5O2S2/c1-12-6-5-7-18(13(12)2)21-19(27)22-20-10-17-14(3)23-24(15(17)4)16-8-9-28(25,26)11-16/h10,12-13,16,18H,5-9,11H2,1-4H3,(H2,21,22,27)/b20-10-/t12-,13-,16-,18+/m0/s1. The molecule has 1 aliphatic heterocycles. The third-order valence-electron chi connectivity index (χ3n) is 6.32. The van der Waals surface area contributed by atoms with Crippen molar-refractivity contribution in [2.24, 2.45) is 16.9 Å². The molecule has 3 rings (SSSR count). The van der Waals surface area contributed by atoms with Crippen molar-refractivity contribution in [2.45, 2.75) is 65.5 Å². The summed E-state index contributed by atoms with van der Waals surface area (Å²) in [5.41, 5.74) is 5.58. The first-order chi connectivity index (χ1) is 13.2. The molecule has 2 fully saturated rings. The molecular formula is C19H31N5O2S2. The molecule has 1 saturated heterocycles. The van der Waals surface area contributed by atoms with Gasteiger partial charge in [-0.1, -0.05) is 26.7 Å². The van der Waals surface area contributed by atoms with Crippen molar-refractivity contribution < 1.29 is 8.42 Å². The van der Waals surface area contributed by atoms with Gasteiger partial charge in [-0.25, -0.2) is 8.42 Å². The molecule has 2 N–H and O–H groups in total. The largest absolute Gasteiger partial charge is 0.358 e. The van der Waals surface area contributed by atoms with Crippen LogP contribution < -0.4 is 10.7 Å². The Bertz CT molecular complexity index is 862. The fourth-order valence-electron chi connectivity index (χ4n) is 4.33. The van der Waals surface area contributed by atoms with E-state index in [0.29, 0.717) is 29.4 Å². The molecule has 0 amide bonds. The van der Waals surface area contributed by atoms with E-state index < -0.39 is 9.84 Å². The van der Waals surface area contributed by atoms with Crippen molar-refractivity contribution in [2.75, 3.05) is 11.5 Å². The van der Waals surface area contributed by atoms with E-state index in [2.05, 4.69) is 34.8 Å². The highest BCUT2D eigenvalue weighted by Crippen LogP contribution is 2.29. The number of aryl methyl sites for hydroxylation is 1. The van der Waals surface area contributed by atoms with Crippen LogP contribution in [0.25, 0.3) is 0 Å². The maximum absolute atomic E-state index is 11.8. The lowest BCUT2D eigenvalue weighted by Gasteiger charge is -2.35. The van der Waals surface area contributed by atoms with Gasteiger partial charge in [0.05, 0.1) is 29.5 Å². The van der Waals surface area contributed by atoms with E-state index >= 15 is 0 Å². The molecule has 1 aliphatic carbocycles. The Labute approximate surface area is 173 Å². The topological polar surface area (TPSA) is 88.4 Å². The van der Waals surface area contributed by atoms with Gasteiger partial charge in [0.15, 0.2) is 14.9 Å². The molecule has 7 nitrogen and oxygen atoms in total. The van der Waals surface area contributed by atoms with E-state index in [-0.39, 0.29) is 17.5 Å². The SMILES string of the molecule is Cc1nn([C@H]2CCS(=O)(=O)C2)c(C)c1/C=N\NC(=S)N[C@@H]1CCC[C@H](C)[C@@H]1C. The molecule has 0 unspecified atom stereocenters. The number of aromatic nitrogens is 2. The smallest absolute Gasteiger partial charge is 0.187 e. The predicted octanol–water partition coefficient (Wildman–Crippen LogP) is 2.48. The van der Waals surface area contributed by atoms with Crippen LogP contribution >= 0.6 is 12.2 Å². The molecule has 2 heterocycles. The monoisotopic (exact) mass is 425 g/mol. The number of nitrogens with one attached hydrogen (secondary N) is 2. The highest BCUT2D eigenvalue weighted by Gasteiger charge is 2.31. The van der Waals surface area contributed by atoms with Crippen LogP contribution in [0.5, 0.6) is 0 Å². The number of rotatable bonds is 4. The Morgan fingerprint density at radius 1 is 1.29 bits per heavy atom. The Kier molecular flexibility index (Phi) is 6.44. The van der Waals surface area contributed by atoms with Crippen molar-refractivity contribution in [1.29, 1.82) is 0 Å². The van der Waals surface area contributed by atoms with E-state index in [4.69, 9.17) is 12.2 Å². The van der Waals surface area contributed by atoms with Crippen LogP contribution in [0.4, 0.5) is 0 Å². The zero-order valence-electron chi connectivity index (χ0n) is 17.1. The van der Waals surface area contributed by atoms with Gasteiger partial charge in [-0.05, 0) is 50.7 Å². The summed E-state index contributed by atoms with van der Waals surface area (Å²) in [6, 6.07) is 0.297. The molecule has 9 heteroatoms. The van der Waals surface area contributed by atoms with Gasteiger partial charge >= 0.3 is 0 Å². The molecule has 1 saturated carbocycles. The summed E-state index contributed by atoms with van der Waals surface area (Å²) >= 11 is 5.40. The van der Waals surface area contributed by atoms with Crippen molar-refractivity contribution in [1.82, 2.24) is 20.5 Å². The second-order valence-corrected chi connectivity index (χ2v) is 10.9. The van der Waals surface area contributed by atoms with Gasteiger partial charge in [0.2, 0.25) is 0 Å². The van der Waals surface area contributed by atoms with Gasteiger partial charge in [0.25, 0.3) is 0 Å². The van der Waals surface area contributed by atoms with Gasteiger partial charge in [0.1, 0.15) is 0 Å². The molecule has 156 valence electrons. The summed E-state index contributed by atoms with van der Waals surface area (Å²) in [5.74, 6) is 1.69. The molecule has 4 atom stereocenters. The number of nitrogens with zero attached hydrogens (tertiary/aromatic N) is 3. The average Bonchev–Trinajstić information content (AvgIpc) is 3.12. The van der Waals surface area contributed by atoms with E-state index in [1.165, 1.54) is 12.8 Å². The highest BCUT2D eigenvalue weighted by atomic mass is 32.2. The highest BCUT2D eigenvalue weighted by molar-refractivity contribution is 7.91. The fourth-order valence-corrected chi connectivity index (χ4v) is 6.22. The van der Waals surface area contributed by atoms with Gasteiger partial charge in [-0.3, -0.25) is 10.1 Å². The molecule has 1 aromatic heterocycles. The zero-order chi connectivity index (χ0) is 20.5. The molecule has 0 bridgehead atoms. The number of thiocarbonyl (C=S) groups is 1. The normalized spacial score (nSPS) is 29.9. The fraction of sp³-hybridized carbons (Fsp3) is 0.737. The summed E-state index contributed by atoms with van der Waals surface area (Å²) < 4.78 is 25.4. The molecule has 0 aromatic carbocycles. The van der Waals surface area contributed by atoms with Crippen LogP contribution in [0.1, 0.15) is 62.5 Å². The predicted molar refractivity (Wildman–Crippen MR) is 116 cm³/mol. The van der Waals surface area contributed by atoms with Crippen LogP contribution in [0.2, 0.25) is 0 Å². The summed E-state index contributed by atoms with van der Waals surface area (Å²) in [6.45, 7) is 8.44. The summed E-state index contributed by atoms with van der Waals surface area (Å²) in [6.07, 6.45) is 5.97. The van der Waals surface area contributed by atoms with Crippen LogP contribution in [0.15, 0.2) is 5.10 Å². The van der Waals surface area contributed by atoms with E-state index in [0.717, 1.165) is 23.4 Å². The summed E-state index contributed by atoms with van der Waals surface area (Å²) in [4.78, 5) is 0. The number of sulfone groups is 1. The lowest BCUT2D eigenvalue weighted by atomic mass is 9.78. The quantitative estimate of drug-likeness (QED) is 0.438. The van der Waals surface area contributed by atoms with Gasteiger partial charge in [0, 0.05) is 17.3 Å². The average molecular weight is 426 g/mol. The lowest BCUT2D eigenvalue weighted by Crippen LogP contribution is -2.46. The van der Waals surface area contributed by atoms with E-state index in [1.807, 2.05) is 18.5 Å². The van der Waals surface area contributed by atoms with Crippen LogP contribution in [0.3, 0.4) is 0 Å². The number of hydrazone groups is 1. The van der Waals surface area contributed by atoms with Gasteiger partial charge < -0.3 is 5.32 Å². The Hall–Kier alpha value is -1.48. The maximum atomic E-state index is 11.8. The van der Waals surface area contributed by atoms with Gasteiger partial charge in [-0.2, -0.15) is 10.2 Å².